The van der Waals surface area contributed by atoms with Gasteiger partial charge in [-0.1, -0.05) is 11.6 Å². The average molecular weight is 224 g/mol. The molecule has 0 saturated carbocycles. The van der Waals surface area contributed by atoms with Crippen molar-refractivity contribution in [3.63, 3.8) is 0 Å². The van der Waals surface area contributed by atoms with Gasteiger partial charge in [-0.25, -0.2) is 0 Å². The Morgan fingerprint density at radius 3 is 2.43 bits per heavy atom. The highest BCUT2D eigenvalue weighted by Crippen LogP contribution is 2.30. The Bertz CT molecular complexity index is 375. The van der Waals surface area contributed by atoms with E-state index >= 15 is 0 Å². The lowest BCUT2D eigenvalue weighted by Crippen LogP contribution is -2.07. The topological polar surface area (TPSA) is 30.0 Å². The second kappa shape index (κ2) is 3.57. The van der Waals surface area contributed by atoms with Crippen molar-refractivity contribution in [1.29, 1.82) is 0 Å². The molecule has 0 aliphatic carbocycles. The molecular weight excluding hydrogens is 219 g/mol. The number of carbonyl (C=O) groups excluding carboxylic acids is 1. The van der Waals surface area contributed by atoms with Crippen molar-refractivity contribution in [2.75, 3.05) is 0 Å². The number of pyridine rings is 1. The van der Waals surface area contributed by atoms with Gasteiger partial charge in [0.25, 0.3) is 0 Å². The van der Waals surface area contributed by atoms with Gasteiger partial charge in [-0.2, -0.15) is 13.2 Å². The van der Waals surface area contributed by atoms with Crippen molar-refractivity contribution in [2.24, 2.45) is 0 Å². The summed E-state index contributed by atoms with van der Waals surface area (Å²) in [5, 5.41) is -0.285. The number of alkyl halides is 3. The second-order valence-corrected chi connectivity index (χ2v) is 3.02. The molecule has 76 valence electrons. The minimum Gasteiger partial charge on any atom is -0.293 e. The number of hydrogen-bond donors (Lipinski definition) is 0. The van der Waals surface area contributed by atoms with Gasteiger partial charge in [0.15, 0.2) is 5.78 Å². The lowest BCUT2D eigenvalue weighted by atomic mass is 10.2. The molecule has 0 fully saturated rings. The molecule has 6 heteroatoms. The maximum Gasteiger partial charge on any atom is 0.417 e. The fraction of sp³-hybridized carbons (Fsp3) is 0.250. The molecule has 0 aliphatic rings. The molecule has 0 atom stereocenters. The Morgan fingerprint density at radius 2 is 2.07 bits per heavy atom. The van der Waals surface area contributed by atoms with Gasteiger partial charge in [0, 0.05) is 13.1 Å². The van der Waals surface area contributed by atoms with Crippen LogP contribution in [0.4, 0.5) is 13.2 Å². The first kappa shape index (κ1) is 11.0. The summed E-state index contributed by atoms with van der Waals surface area (Å²) >= 11 is 5.45. The minimum absolute atomic E-state index is 0.153. The molecule has 0 radical (unpaired) electrons. The number of aromatic nitrogens is 1. The Kier molecular flexibility index (Phi) is 2.80. The van der Waals surface area contributed by atoms with Crippen LogP contribution >= 0.6 is 11.6 Å². The Hall–Kier alpha value is -1.10. The quantitative estimate of drug-likeness (QED) is 0.685. The lowest BCUT2D eigenvalue weighted by molar-refractivity contribution is -0.137. The number of hydrogen-bond acceptors (Lipinski definition) is 2. The minimum atomic E-state index is -4.49. The van der Waals surface area contributed by atoms with Crippen LogP contribution in [0.1, 0.15) is 23.0 Å². The molecule has 0 aromatic carbocycles. The first-order chi connectivity index (χ1) is 6.32. The summed E-state index contributed by atoms with van der Waals surface area (Å²) in [6, 6.07) is 0.686. The molecule has 0 amide bonds. The predicted molar refractivity (Wildman–Crippen MR) is 44.3 cm³/mol. The molecule has 0 N–H and O–H groups in total. The van der Waals surface area contributed by atoms with Gasteiger partial charge in [0.2, 0.25) is 0 Å². The van der Waals surface area contributed by atoms with Crippen LogP contribution in [-0.4, -0.2) is 10.8 Å². The molecular formula is C8H5ClF3NO. The summed E-state index contributed by atoms with van der Waals surface area (Å²) in [6.07, 6.45) is -3.91. The molecule has 0 bridgehead atoms. The van der Waals surface area contributed by atoms with E-state index in [2.05, 4.69) is 4.98 Å². The summed E-state index contributed by atoms with van der Waals surface area (Å²) < 4.78 is 36.4. The van der Waals surface area contributed by atoms with E-state index in [0.29, 0.717) is 12.3 Å². The number of halogens is 4. The summed E-state index contributed by atoms with van der Waals surface area (Å²) in [4.78, 5) is 14.1. The summed E-state index contributed by atoms with van der Waals surface area (Å²) in [5.41, 5.74) is -1.12. The summed E-state index contributed by atoms with van der Waals surface area (Å²) in [7, 11) is 0. The second-order valence-electron chi connectivity index (χ2n) is 2.61. The smallest absolute Gasteiger partial charge is 0.293 e. The van der Waals surface area contributed by atoms with E-state index < -0.39 is 17.5 Å². The number of ketones is 1. The van der Waals surface area contributed by atoms with Gasteiger partial charge >= 0.3 is 6.18 Å². The van der Waals surface area contributed by atoms with Gasteiger partial charge in [0.05, 0.1) is 10.6 Å². The summed E-state index contributed by atoms with van der Waals surface area (Å²) in [5.74, 6) is -0.469. The number of nitrogens with zero attached hydrogens (tertiary/aromatic N) is 1. The van der Waals surface area contributed by atoms with Crippen LogP contribution < -0.4 is 0 Å². The van der Waals surface area contributed by atoms with Gasteiger partial charge in [-0.05, 0) is 6.07 Å². The fourth-order valence-electron chi connectivity index (χ4n) is 0.852. The average Bonchev–Trinajstić information content (AvgIpc) is 2.01. The van der Waals surface area contributed by atoms with Gasteiger partial charge in [-0.15, -0.1) is 0 Å². The zero-order valence-corrected chi connectivity index (χ0v) is 7.78. The van der Waals surface area contributed by atoms with Crippen LogP contribution in [0.15, 0.2) is 12.3 Å². The number of carbonyl (C=O) groups is 1. The number of rotatable bonds is 1. The third-order valence-corrected chi connectivity index (χ3v) is 1.79. The monoisotopic (exact) mass is 223 g/mol. The van der Waals surface area contributed by atoms with E-state index in [-0.39, 0.29) is 10.7 Å². The molecule has 1 heterocycles. The van der Waals surface area contributed by atoms with E-state index in [1.165, 1.54) is 6.92 Å². The molecule has 1 aromatic rings. The standard InChI is InChI=1S/C8H5ClF3NO/c1-4(14)7-6(9)2-5(3-13-7)8(10,11)12/h2-3H,1H3. The molecule has 0 saturated heterocycles. The van der Waals surface area contributed by atoms with E-state index in [1.807, 2.05) is 0 Å². The van der Waals surface area contributed by atoms with E-state index in [9.17, 15) is 18.0 Å². The van der Waals surface area contributed by atoms with Crippen LogP contribution in [0.2, 0.25) is 5.02 Å². The highest BCUT2D eigenvalue weighted by molar-refractivity contribution is 6.33. The van der Waals surface area contributed by atoms with Gasteiger partial charge in [-0.3, -0.25) is 9.78 Å². The predicted octanol–water partition coefficient (Wildman–Crippen LogP) is 2.96. The first-order valence-electron chi connectivity index (χ1n) is 3.56. The zero-order chi connectivity index (χ0) is 10.9. The van der Waals surface area contributed by atoms with E-state index in [0.717, 1.165) is 0 Å². The van der Waals surface area contributed by atoms with Crippen molar-refractivity contribution in [3.8, 4) is 0 Å². The van der Waals surface area contributed by atoms with Crippen LogP contribution in [0, 0.1) is 0 Å². The van der Waals surface area contributed by atoms with Crippen molar-refractivity contribution in [2.45, 2.75) is 13.1 Å². The third-order valence-electron chi connectivity index (χ3n) is 1.50. The maximum absolute atomic E-state index is 12.1. The largest absolute Gasteiger partial charge is 0.417 e. The van der Waals surface area contributed by atoms with Gasteiger partial charge < -0.3 is 0 Å². The van der Waals surface area contributed by atoms with Crippen LogP contribution in [-0.2, 0) is 6.18 Å². The highest BCUT2D eigenvalue weighted by Gasteiger charge is 2.31. The van der Waals surface area contributed by atoms with E-state index in [4.69, 9.17) is 11.6 Å². The Morgan fingerprint density at radius 1 is 1.50 bits per heavy atom. The van der Waals surface area contributed by atoms with Crippen molar-refractivity contribution in [3.05, 3.63) is 28.5 Å². The zero-order valence-electron chi connectivity index (χ0n) is 7.02. The number of Topliss-reactive ketones (excluding diaryl/α,β-unsaturated/α-hetero) is 1. The van der Waals surface area contributed by atoms with Crippen LogP contribution in [0.25, 0.3) is 0 Å². The van der Waals surface area contributed by atoms with Crippen molar-refractivity contribution in [1.82, 2.24) is 4.98 Å². The first-order valence-corrected chi connectivity index (χ1v) is 3.94. The van der Waals surface area contributed by atoms with E-state index in [1.54, 1.807) is 0 Å². The molecule has 0 aliphatic heterocycles. The molecule has 1 aromatic heterocycles. The SMILES string of the molecule is CC(=O)c1ncc(C(F)(F)F)cc1Cl. The lowest BCUT2D eigenvalue weighted by Gasteiger charge is -2.07. The van der Waals surface area contributed by atoms with Crippen molar-refractivity contribution >= 4 is 17.4 Å². The van der Waals surface area contributed by atoms with Gasteiger partial charge in [0.1, 0.15) is 5.69 Å². The fourth-order valence-corrected chi connectivity index (χ4v) is 1.15. The molecule has 0 spiro atoms. The van der Waals surface area contributed by atoms with Crippen LogP contribution in [0.5, 0.6) is 0 Å². The maximum atomic E-state index is 12.1. The summed E-state index contributed by atoms with van der Waals surface area (Å²) in [6.45, 7) is 1.18. The third kappa shape index (κ3) is 2.23. The molecule has 0 unspecified atom stereocenters. The molecule has 2 nitrogen and oxygen atoms in total. The van der Waals surface area contributed by atoms with Crippen LogP contribution in [0.3, 0.4) is 0 Å². The molecule has 14 heavy (non-hydrogen) atoms. The molecule has 1 rings (SSSR count). The highest BCUT2D eigenvalue weighted by atomic mass is 35.5. The normalized spacial score (nSPS) is 11.5. The van der Waals surface area contributed by atoms with Crippen molar-refractivity contribution < 1.29 is 18.0 Å². The Labute approximate surface area is 82.7 Å². The Balaban J connectivity index is 3.20.